The second-order valence-electron chi connectivity index (χ2n) is 8.14. The first-order valence-corrected chi connectivity index (χ1v) is 12.4. The van der Waals surface area contributed by atoms with Crippen LogP contribution in [0.5, 0.6) is 0 Å². The van der Waals surface area contributed by atoms with Gasteiger partial charge in [0.1, 0.15) is 6.04 Å². The van der Waals surface area contributed by atoms with Crippen LogP contribution in [0, 0.1) is 5.95 Å². The number of hydrogen-bond donors (Lipinski definition) is 1. The van der Waals surface area contributed by atoms with Crippen molar-refractivity contribution in [2.45, 2.75) is 44.1 Å². The van der Waals surface area contributed by atoms with Gasteiger partial charge in [0.2, 0.25) is 16.0 Å². The molecule has 1 aliphatic rings. The van der Waals surface area contributed by atoms with Crippen molar-refractivity contribution in [2.24, 2.45) is 0 Å². The van der Waals surface area contributed by atoms with Gasteiger partial charge in [-0.15, -0.1) is 0 Å². The van der Waals surface area contributed by atoms with Crippen LogP contribution in [0.25, 0.3) is 0 Å². The SMILES string of the molecule is CCOC1CN(Cc2ccc([C@H](NS(C)(=O)=O)C(F)(F)F)cc2)CCC1c1ccc(F)nc1. The molecule has 0 amide bonds. The molecular weight excluding hydrogens is 462 g/mol. The number of nitrogens with zero attached hydrogens (tertiary/aromatic N) is 2. The maximum Gasteiger partial charge on any atom is 0.408 e. The van der Waals surface area contributed by atoms with E-state index < -0.39 is 28.2 Å². The molecule has 3 atom stereocenters. The summed E-state index contributed by atoms with van der Waals surface area (Å²) in [4.78, 5) is 5.89. The smallest absolute Gasteiger partial charge is 0.377 e. The van der Waals surface area contributed by atoms with E-state index in [1.807, 2.05) is 6.92 Å². The van der Waals surface area contributed by atoms with Crippen LogP contribution in [0.3, 0.4) is 0 Å². The summed E-state index contributed by atoms with van der Waals surface area (Å²) in [5.41, 5.74) is 1.54. The lowest BCUT2D eigenvalue weighted by atomic mass is 9.87. The Kier molecular flexibility index (Phi) is 8.09. The number of piperidine rings is 1. The molecule has 11 heteroatoms. The first-order valence-electron chi connectivity index (χ1n) is 10.5. The van der Waals surface area contributed by atoms with E-state index in [9.17, 15) is 26.0 Å². The Bertz CT molecular complexity index is 1010. The first kappa shape index (κ1) is 25.5. The molecule has 1 N–H and O–H groups in total. The molecule has 3 rings (SSSR count). The number of ether oxygens (including phenoxy) is 1. The number of benzene rings is 1. The Labute approximate surface area is 191 Å². The van der Waals surface area contributed by atoms with Gasteiger partial charge < -0.3 is 4.74 Å². The van der Waals surface area contributed by atoms with E-state index in [1.165, 1.54) is 24.4 Å². The average Bonchev–Trinajstić information content (AvgIpc) is 2.73. The number of aromatic nitrogens is 1. The van der Waals surface area contributed by atoms with Gasteiger partial charge in [0.15, 0.2) is 0 Å². The van der Waals surface area contributed by atoms with Gasteiger partial charge in [0.25, 0.3) is 0 Å². The number of nitrogens with one attached hydrogen (secondary N) is 1. The number of hydrogen-bond acceptors (Lipinski definition) is 5. The van der Waals surface area contributed by atoms with Gasteiger partial charge in [-0.1, -0.05) is 30.3 Å². The van der Waals surface area contributed by atoms with Crippen molar-refractivity contribution in [3.8, 4) is 0 Å². The third kappa shape index (κ3) is 7.20. The molecule has 33 heavy (non-hydrogen) atoms. The van der Waals surface area contributed by atoms with E-state index in [-0.39, 0.29) is 17.6 Å². The first-order chi connectivity index (χ1) is 15.5. The van der Waals surface area contributed by atoms with Crippen molar-refractivity contribution in [3.05, 3.63) is 65.2 Å². The normalized spacial score (nSPS) is 21.2. The summed E-state index contributed by atoms with van der Waals surface area (Å²) >= 11 is 0. The van der Waals surface area contributed by atoms with Gasteiger partial charge in [-0.2, -0.15) is 22.3 Å². The molecule has 2 unspecified atom stereocenters. The van der Waals surface area contributed by atoms with Crippen molar-refractivity contribution in [3.63, 3.8) is 0 Å². The largest absolute Gasteiger partial charge is 0.408 e. The molecule has 0 aliphatic carbocycles. The van der Waals surface area contributed by atoms with Gasteiger partial charge >= 0.3 is 6.18 Å². The van der Waals surface area contributed by atoms with Gasteiger partial charge in [0, 0.05) is 31.8 Å². The van der Waals surface area contributed by atoms with Crippen molar-refractivity contribution in [1.82, 2.24) is 14.6 Å². The Hall–Kier alpha value is -2.08. The summed E-state index contributed by atoms with van der Waals surface area (Å²) in [6, 6.07) is 6.48. The standard InChI is InChI=1S/C22H27F4N3O3S/c1-3-32-19-14-29(11-10-18(19)17-8-9-20(23)27-12-17)13-15-4-6-16(7-5-15)21(22(24,25)26)28-33(2,30)31/h4-9,12,18-19,21,28H,3,10-11,13-14H2,1-2H3/t18?,19?,21-/m0/s1. The lowest BCUT2D eigenvalue weighted by molar-refractivity contribution is -0.153. The fourth-order valence-corrected chi connectivity index (χ4v) is 4.80. The van der Waals surface area contributed by atoms with Crippen LogP contribution < -0.4 is 4.72 Å². The van der Waals surface area contributed by atoms with E-state index in [1.54, 1.807) is 22.9 Å². The van der Waals surface area contributed by atoms with Crippen molar-refractivity contribution < 1.29 is 30.7 Å². The number of halogens is 4. The molecule has 182 valence electrons. The summed E-state index contributed by atoms with van der Waals surface area (Å²) in [7, 11) is -4.05. The van der Waals surface area contributed by atoms with E-state index >= 15 is 0 Å². The maximum absolute atomic E-state index is 13.3. The van der Waals surface area contributed by atoms with Crippen molar-refractivity contribution >= 4 is 10.0 Å². The molecule has 2 aromatic rings. The Morgan fingerprint density at radius 1 is 1.21 bits per heavy atom. The third-order valence-electron chi connectivity index (χ3n) is 5.58. The molecule has 1 aliphatic heterocycles. The molecule has 1 saturated heterocycles. The molecule has 0 saturated carbocycles. The molecule has 2 heterocycles. The molecule has 6 nitrogen and oxygen atoms in total. The number of alkyl halides is 3. The van der Waals surface area contributed by atoms with E-state index in [0.717, 1.165) is 24.1 Å². The topological polar surface area (TPSA) is 71.5 Å². The quantitative estimate of drug-likeness (QED) is 0.452. The van der Waals surface area contributed by atoms with Crippen LogP contribution in [-0.4, -0.2) is 56.5 Å². The number of rotatable bonds is 8. The Morgan fingerprint density at radius 2 is 1.91 bits per heavy atom. The summed E-state index contributed by atoms with van der Waals surface area (Å²) in [6.07, 6.45) is -1.89. The van der Waals surface area contributed by atoms with Crippen molar-refractivity contribution in [2.75, 3.05) is 26.0 Å². The lowest BCUT2D eigenvalue weighted by Crippen LogP contribution is -2.43. The van der Waals surface area contributed by atoms with Crippen molar-refractivity contribution in [1.29, 1.82) is 0 Å². The van der Waals surface area contributed by atoms with Gasteiger partial charge in [0.05, 0.1) is 12.4 Å². The van der Waals surface area contributed by atoms with Crippen LogP contribution in [0.1, 0.15) is 42.0 Å². The zero-order valence-electron chi connectivity index (χ0n) is 18.3. The molecular formula is C22H27F4N3O3S. The second kappa shape index (κ2) is 10.5. The Balaban J connectivity index is 1.69. The van der Waals surface area contributed by atoms with Crippen LogP contribution in [0.15, 0.2) is 42.6 Å². The minimum absolute atomic E-state index is 0.0753. The Morgan fingerprint density at radius 3 is 2.45 bits per heavy atom. The van der Waals surface area contributed by atoms with Gasteiger partial charge in [-0.3, -0.25) is 4.90 Å². The second-order valence-corrected chi connectivity index (χ2v) is 9.92. The monoisotopic (exact) mass is 489 g/mol. The number of sulfonamides is 1. The van der Waals surface area contributed by atoms with E-state index in [2.05, 4.69) is 9.88 Å². The highest BCUT2D eigenvalue weighted by atomic mass is 32.2. The fraction of sp³-hybridized carbons (Fsp3) is 0.500. The predicted molar refractivity (Wildman–Crippen MR) is 115 cm³/mol. The molecule has 1 aromatic heterocycles. The van der Waals surface area contributed by atoms with Crippen LogP contribution >= 0.6 is 0 Å². The minimum atomic E-state index is -4.76. The van der Waals surface area contributed by atoms with E-state index in [4.69, 9.17) is 4.74 Å². The fourth-order valence-electron chi connectivity index (χ4n) is 4.11. The van der Waals surface area contributed by atoms with Gasteiger partial charge in [-0.25, -0.2) is 13.4 Å². The average molecular weight is 490 g/mol. The highest BCUT2D eigenvalue weighted by Crippen LogP contribution is 2.34. The summed E-state index contributed by atoms with van der Waals surface area (Å²) in [5.74, 6) is -0.460. The zero-order valence-corrected chi connectivity index (χ0v) is 19.2. The highest BCUT2D eigenvalue weighted by molar-refractivity contribution is 7.88. The maximum atomic E-state index is 13.3. The summed E-state index contributed by atoms with van der Waals surface area (Å²) in [5, 5.41) is 0. The van der Waals surface area contributed by atoms with Crippen LogP contribution in [0.4, 0.5) is 17.6 Å². The zero-order chi connectivity index (χ0) is 24.2. The molecule has 0 spiro atoms. The highest BCUT2D eigenvalue weighted by Gasteiger charge is 2.42. The summed E-state index contributed by atoms with van der Waals surface area (Å²) in [6.45, 7) is 4.27. The summed E-state index contributed by atoms with van der Waals surface area (Å²) < 4.78 is 83.5. The number of pyridine rings is 1. The minimum Gasteiger partial charge on any atom is -0.377 e. The van der Waals surface area contributed by atoms with Crippen LogP contribution in [-0.2, 0) is 21.3 Å². The predicted octanol–water partition coefficient (Wildman–Crippen LogP) is 3.77. The van der Waals surface area contributed by atoms with Crippen LogP contribution in [0.2, 0.25) is 0 Å². The lowest BCUT2D eigenvalue weighted by Gasteiger charge is -2.38. The molecule has 0 radical (unpaired) electrons. The third-order valence-corrected chi connectivity index (χ3v) is 6.24. The molecule has 0 bridgehead atoms. The van der Waals surface area contributed by atoms with E-state index in [0.29, 0.717) is 26.0 Å². The molecule has 1 fully saturated rings. The van der Waals surface area contributed by atoms with Gasteiger partial charge in [-0.05, 0) is 42.6 Å². The molecule has 1 aromatic carbocycles. The number of likely N-dealkylation sites (tertiary alicyclic amines) is 1.